The van der Waals surface area contributed by atoms with Gasteiger partial charge in [-0.1, -0.05) is 12.1 Å². The van der Waals surface area contributed by atoms with Crippen molar-refractivity contribution in [2.24, 2.45) is 5.73 Å². The fraction of sp³-hybridized carbons (Fsp3) is 0.273. The average Bonchev–Trinajstić information content (AvgIpc) is 2.17. The first-order valence-electron chi connectivity index (χ1n) is 4.30. The zero-order valence-electron chi connectivity index (χ0n) is 7.74. The van der Waals surface area contributed by atoms with Gasteiger partial charge in [0, 0.05) is 23.1 Å². The molecule has 0 saturated carbocycles. The Labute approximate surface area is 87.9 Å². The Balaban J connectivity index is 2.46. The first-order valence-corrected chi connectivity index (χ1v) is 5.29. The third-order valence-electron chi connectivity index (χ3n) is 1.67. The maximum absolute atomic E-state index is 13.1. The molecule has 14 heavy (non-hydrogen) atoms. The number of rotatable bonds is 4. The zero-order valence-corrected chi connectivity index (χ0v) is 8.56. The lowest BCUT2D eigenvalue weighted by Gasteiger charge is -2.07. The topological polar surface area (TPSA) is 26.0 Å². The van der Waals surface area contributed by atoms with Crippen molar-refractivity contribution in [3.63, 3.8) is 0 Å². The molecule has 0 bridgehead atoms. The van der Waals surface area contributed by atoms with Gasteiger partial charge in [-0.3, -0.25) is 0 Å². The third-order valence-corrected chi connectivity index (χ3v) is 2.91. The smallest absolute Gasteiger partial charge is 0.136 e. The van der Waals surface area contributed by atoms with Crippen molar-refractivity contribution in [3.8, 4) is 12.3 Å². The van der Waals surface area contributed by atoms with E-state index in [1.807, 2.05) is 0 Å². The second kappa shape index (κ2) is 5.69. The Morgan fingerprint density at radius 1 is 1.50 bits per heavy atom. The third kappa shape index (κ3) is 3.41. The summed E-state index contributed by atoms with van der Waals surface area (Å²) in [6.45, 7) is 0. The predicted molar refractivity (Wildman–Crippen MR) is 58.5 cm³/mol. The lowest BCUT2D eigenvalue weighted by Crippen LogP contribution is -2.21. The summed E-state index contributed by atoms with van der Waals surface area (Å²) >= 11 is 1.40. The van der Waals surface area contributed by atoms with E-state index in [0.717, 1.165) is 0 Å². The highest BCUT2D eigenvalue weighted by Crippen LogP contribution is 2.21. The van der Waals surface area contributed by atoms with Crippen LogP contribution in [0.25, 0.3) is 0 Å². The fourth-order valence-corrected chi connectivity index (χ4v) is 1.86. The largest absolute Gasteiger partial charge is 0.326 e. The summed E-state index contributed by atoms with van der Waals surface area (Å²) in [6, 6.07) is 6.58. The normalized spacial score (nSPS) is 12.1. The summed E-state index contributed by atoms with van der Waals surface area (Å²) in [7, 11) is 0. The number of hydrogen-bond acceptors (Lipinski definition) is 2. The average molecular weight is 209 g/mol. The van der Waals surface area contributed by atoms with E-state index in [0.29, 0.717) is 17.1 Å². The molecule has 2 N–H and O–H groups in total. The van der Waals surface area contributed by atoms with Crippen LogP contribution in [-0.4, -0.2) is 11.8 Å². The number of thioether (sulfide) groups is 1. The predicted octanol–water partition coefficient (Wildman–Crippen LogP) is 2.27. The van der Waals surface area contributed by atoms with E-state index in [-0.39, 0.29) is 11.9 Å². The molecule has 0 aromatic heterocycles. The number of benzene rings is 1. The van der Waals surface area contributed by atoms with Gasteiger partial charge in [0.1, 0.15) is 5.82 Å². The van der Waals surface area contributed by atoms with Crippen LogP contribution in [0.15, 0.2) is 29.2 Å². The number of nitrogens with two attached hydrogens (primary N) is 1. The molecule has 1 rings (SSSR count). The molecule has 0 aliphatic carbocycles. The number of hydrogen-bond donors (Lipinski definition) is 1. The van der Waals surface area contributed by atoms with Crippen LogP contribution in [0.3, 0.4) is 0 Å². The van der Waals surface area contributed by atoms with Crippen LogP contribution in [0.5, 0.6) is 0 Å². The maximum Gasteiger partial charge on any atom is 0.136 e. The summed E-state index contributed by atoms with van der Waals surface area (Å²) in [5.74, 6) is 2.93. The van der Waals surface area contributed by atoms with Crippen LogP contribution in [0.4, 0.5) is 4.39 Å². The Morgan fingerprint density at radius 3 is 2.86 bits per heavy atom. The first kappa shape index (κ1) is 11.1. The first-order chi connectivity index (χ1) is 6.74. The molecule has 0 heterocycles. The number of terminal acetylenes is 1. The molecule has 1 aromatic carbocycles. The Kier molecular flexibility index (Phi) is 4.51. The van der Waals surface area contributed by atoms with Crippen LogP contribution < -0.4 is 5.73 Å². The monoisotopic (exact) mass is 209 g/mol. The van der Waals surface area contributed by atoms with Crippen LogP contribution in [-0.2, 0) is 0 Å². The molecule has 1 nitrogen and oxygen atoms in total. The molecule has 74 valence electrons. The Morgan fingerprint density at radius 2 is 2.21 bits per heavy atom. The molecule has 0 aliphatic rings. The second-order valence-electron chi connectivity index (χ2n) is 2.91. The van der Waals surface area contributed by atoms with Gasteiger partial charge in [-0.05, 0) is 12.1 Å². The number of halogens is 1. The van der Waals surface area contributed by atoms with Crippen molar-refractivity contribution < 1.29 is 4.39 Å². The lowest BCUT2D eigenvalue weighted by molar-refractivity contribution is 0.601. The van der Waals surface area contributed by atoms with E-state index in [4.69, 9.17) is 12.2 Å². The molecule has 0 spiro atoms. The van der Waals surface area contributed by atoms with Crippen molar-refractivity contribution in [1.29, 1.82) is 0 Å². The van der Waals surface area contributed by atoms with Crippen LogP contribution in [0, 0.1) is 18.2 Å². The molecule has 0 aliphatic heterocycles. The van der Waals surface area contributed by atoms with E-state index in [1.54, 1.807) is 18.2 Å². The fourth-order valence-electron chi connectivity index (χ4n) is 0.969. The highest BCUT2D eigenvalue weighted by molar-refractivity contribution is 7.99. The minimum absolute atomic E-state index is 0.0652. The molecule has 1 aromatic rings. The van der Waals surface area contributed by atoms with Crippen LogP contribution >= 0.6 is 11.8 Å². The standard InChI is InChI=1S/C11H12FNS/c1-2-5-9(13)8-14-11-7-4-3-6-10(11)12/h1,3-4,6-7,9H,5,8,13H2. The van der Waals surface area contributed by atoms with E-state index < -0.39 is 0 Å². The van der Waals surface area contributed by atoms with E-state index in [1.165, 1.54) is 17.8 Å². The van der Waals surface area contributed by atoms with Crippen molar-refractivity contribution in [1.82, 2.24) is 0 Å². The summed E-state index contributed by atoms with van der Waals surface area (Å²) < 4.78 is 13.1. The Bertz CT molecular complexity index is 332. The molecule has 0 radical (unpaired) electrons. The maximum atomic E-state index is 13.1. The molecule has 1 unspecified atom stereocenters. The van der Waals surface area contributed by atoms with Crippen LogP contribution in [0.1, 0.15) is 6.42 Å². The van der Waals surface area contributed by atoms with Gasteiger partial charge in [0.2, 0.25) is 0 Å². The molecule has 0 saturated heterocycles. The summed E-state index contributed by atoms with van der Waals surface area (Å²) in [6.07, 6.45) is 5.64. The van der Waals surface area contributed by atoms with Crippen molar-refractivity contribution in [2.45, 2.75) is 17.4 Å². The van der Waals surface area contributed by atoms with Gasteiger partial charge in [0.15, 0.2) is 0 Å². The van der Waals surface area contributed by atoms with E-state index in [2.05, 4.69) is 5.92 Å². The van der Waals surface area contributed by atoms with Crippen molar-refractivity contribution >= 4 is 11.8 Å². The van der Waals surface area contributed by atoms with E-state index in [9.17, 15) is 4.39 Å². The van der Waals surface area contributed by atoms with Crippen molar-refractivity contribution in [3.05, 3.63) is 30.1 Å². The van der Waals surface area contributed by atoms with Gasteiger partial charge < -0.3 is 5.73 Å². The van der Waals surface area contributed by atoms with Gasteiger partial charge in [-0.25, -0.2) is 4.39 Å². The van der Waals surface area contributed by atoms with Gasteiger partial charge in [-0.2, -0.15) is 0 Å². The quantitative estimate of drug-likeness (QED) is 0.608. The van der Waals surface area contributed by atoms with E-state index >= 15 is 0 Å². The minimum atomic E-state index is -0.203. The zero-order chi connectivity index (χ0) is 10.4. The molecule has 0 fully saturated rings. The van der Waals surface area contributed by atoms with Gasteiger partial charge >= 0.3 is 0 Å². The minimum Gasteiger partial charge on any atom is -0.326 e. The highest BCUT2D eigenvalue weighted by Gasteiger charge is 2.04. The Hall–Kier alpha value is -0.980. The van der Waals surface area contributed by atoms with Gasteiger partial charge in [-0.15, -0.1) is 24.1 Å². The van der Waals surface area contributed by atoms with Gasteiger partial charge in [0.05, 0.1) is 0 Å². The SMILES string of the molecule is C#CCC(N)CSc1ccccc1F. The molecular formula is C11H12FNS. The lowest BCUT2D eigenvalue weighted by atomic mass is 10.3. The molecule has 1 atom stereocenters. The second-order valence-corrected chi connectivity index (χ2v) is 3.97. The summed E-state index contributed by atoms with van der Waals surface area (Å²) in [5.41, 5.74) is 5.70. The summed E-state index contributed by atoms with van der Waals surface area (Å²) in [5, 5.41) is 0. The van der Waals surface area contributed by atoms with Crippen LogP contribution in [0.2, 0.25) is 0 Å². The molecular weight excluding hydrogens is 197 g/mol. The highest BCUT2D eigenvalue weighted by atomic mass is 32.2. The molecule has 0 amide bonds. The van der Waals surface area contributed by atoms with Gasteiger partial charge in [0.25, 0.3) is 0 Å². The van der Waals surface area contributed by atoms with Crippen molar-refractivity contribution in [2.75, 3.05) is 5.75 Å². The molecule has 3 heteroatoms. The summed E-state index contributed by atoms with van der Waals surface area (Å²) in [4.78, 5) is 0.625.